The second-order valence-corrected chi connectivity index (χ2v) is 9.00. The lowest BCUT2D eigenvalue weighted by Crippen LogP contribution is -2.41. The second-order valence-electron chi connectivity index (χ2n) is 6.97. The maximum Gasteiger partial charge on any atom is 0.332 e. The average molecular weight is 521 g/mol. The molecule has 0 saturated heterocycles. The number of carbonyl (C=O) groups excluding carboxylic acids is 1. The minimum Gasteiger partial charge on any atom is -0.465 e. The lowest BCUT2D eigenvalue weighted by molar-refractivity contribution is -0.143. The van der Waals surface area contributed by atoms with E-state index in [9.17, 15) is 18.8 Å². The third-order valence-electron chi connectivity index (χ3n) is 4.78. The van der Waals surface area contributed by atoms with E-state index in [2.05, 4.69) is 20.9 Å². The van der Waals surface area contributed by atoms with Gasteiger partial charge in [0.1, 0.15) is 17.2 Å². The van der Waals surface area contributed by atoms with Crippen LogP contribution in [0.25, 0.3) is 10.2 Å². The summed E-state index contributed by atoms with van der Waals surface area (Å²) in [4.78, 5) is 43.8. The molecule has 0 fully saturated rings. The number of benzene rings is 1. The standard InChI is InChI=1S/C21H18BrFN4O4S/c1-2-31-18(28)11-27-20-16(8-15(32-20)10-25-6-5-24-12-25)19(29)26(21(27)30)9-13-3-4-14(22)7-17(13)23/h3-8,12H,2,9-11H2,1H3. The fraction of sp³-hybridized carbons (Fsp3) is 0.238. The van der Waals surface area contributed by atoms with Crippen LogP contribution < -0.4 is 11.2 Å². The van der Waals surface area contributed by atoms with Crippen LogP contribution in [-0.2, 0) is 29.2 Å². The van der Waals surface area contributed by atoms with Crippen molar-refractivity contribution < 1.29 is 13.9 Å². The highest BCUT2D eigenvalue weighted by molar-refractivity contribution is 9.10. The summed E-state index contributed by atoms with van der Waals surface area (Å²) in [6, 6.07) is 6.10. The number of esters is 1. The molecule has 0 saturated carbocycles. The smallest absolute Gasteiger partial charge is 0.332 e. The molecular formula is C21H18BrFN4O4S. The van der Waals surface area contributed by atoms with Gasteiger partial charge >= 0.3 is 11.7 Å². The van der Waals surface area contributed by atoms with Gasteiger partial charge in [-0.2, -0.15) is 0 Å². The highest BCUT2D eigenvalue weighted by Crippen LogP contribution is 2.24. The molecule has 3 heterocycles. The van der Waals surface area contributed by atoms with Crippen LogP contribution >= 0.6 is 27.3 Å². The molecule has 0 amide bonds. The fourth-order valence-corrected chi connectivity index (χ4v) is 4.80. The van der Waals surface area contributed by atoms with Gasteiger partial charge in [-0.15, -0.1) is 11.3 Å². The van der Waals surface area contributed by atoms with Crippen LogP contribution in [0.2, 0.25) is 0 Å². The van der Waals surface area contributed by atoms with Crippen molar-refractivity contribution in [2.45, 2.75) is 26.6 Å². The van der Waals surface area contributed by atoms with Crippen LogP contribution in [0.5, 0.6) is 0 Å². The SMILES string of the molecule is CCOC(=O)Cn1c(=O)n(Cc2ccc(Br)cc2F)c(=O)c2cc(Cn3ccnc3)sc21. The number of rotatable bonds is 7. The zero-order valence-corrected chi connectivity index (χ0v) is 19.4. The van der Waals surface area contributed by atoms with Crippen molar-refractivity contribution in [2.75, 3.05) is 6.61 Å². The number of hydrogen-bond acceptors (Lipinski definition) is 6. The Morgan fingerprint density at radius 3 is 2.72 bits per heavy atom. The van der Waals surface area contributed by atoms with E-state index < -0.39 is 23.0 Å². The molecule has 0 spiro atoms. The summed E-state index contributed by atoms with van der Waals surface area (Å²) in [5, 5.41) is 0.284. The highest BCUT2D eigenvalue weighted by atomic mass is 79.9. The molecule has 0 radical (unpaired) electrons. The normalized spacial score (nSPS) is 11.2. The van der Waals surface area contributed by atoms with E-state index in [0.29, 0.717) is 15.8 Å². The minimum atomic E-state index is -0.700. The number of hydrogen-bond donors (Lipinski definition) is 0. The molecule has 3 aromatic heterocycles. The number of thiophene rings is 1. The predicted molar refractivity (Wildman–Crippen MR) is 122 cm³/mol. The van der Waals surface area contributed by atoms with E-state index in [4.69, 9.17) is 4.74 Å². The maximum atomic E-state index is 14.4. The first-order chi connectivity index (χ1) is 15.4. The molecule has 166 valence electrons. The van der Waals surface area contributed by atoms with Gasteiger partial charge in [0.05, 0.1) is 31.4 Å². The number of carbonyl (C=O) groups is 1. The minimum absolute atomic E-state index is 0.163. The van der Waals surface area contributed by atoms with Gasteiger partial charge in [-0.1, -0.05) is 22.0 Å². The molecule has 1 aromatic carbocycles. The topological polar surface area (TPSA) is 88.1 Å². The van der Waals surface area contributed by atoms with Gasteiger partial charge in [-0.05, 0) is 25.1 Å². The Labute approximate surface area is 193 Å². The van der Waals surface area contributed by atoms with Crippen molar-refractivity contribution in [3.8, 4) is 0 Å². The van der Waals surface area contributed by atoms with Crippen molar-refractivity contribution in [2.24, 2.45) is 0 Å². The number of imidazole rings is 1. The van der Waals surface area contributed by atoms with Gasteiger partial charge in [-0.3, -0.25) is 18.7 Å². The molecule has 4 aromatic rings. The predicted octanol–water partition coefficient (Wildman–Crippen LogP) is 2.98. The number of fused-ring (bicyclic) bond motifs is 1. The number of ether oxygens (including phenoxy) is 1. The Balaban J connectivity index is 1.86. The molecule has 0 N–H and O–H groups in total. The van der Waals surface area contributed by atoms with Crippen LogP contribution in [0.15, 0.2) is 57.0 Å². The number of halogens is 2. The molecular weight excluding hydrogens is 503 g/mol. The highest BCUT2D eigenvalue weighted by Gasteiger charge is 2.20. The zero-order chi connectivity index (χ0) is 22.8. The first-order valence-electron chi connectivity index (χ1n) is 9.68. The van der Waals surface area contributed by atoms with Gasteiger partial charge in [-0.25, -0.2) is 14.2 Å². The number of aromatic nitrogens is 4. The van der Waals surface area contributed by atoms with Gasteiger partial charge in [0, 0.05) is 27.3 Å². The Morgan fingerprint density at radius 2 is 2.03 bits per heavy atom. The molecule has 8 nitrogen and oxygen atoms in total. The summed E-state index contributed by atoms with van der Waals surface area (Å²) in [6.07, 6.45) is 5.07. The molecule has 0 aliphatic carbocycles. The largest absolute Gasteiger partial charge is 0.465 e. The van der Waals surface area contributed by atoms with Crippen LogP contribution in [0, 0.1) is 5.82 Å². The lowest BCUT2D eigenvalue weighted by atomic mass is 10.2. The Hall–Kier alpha value is -3.05. The van der Waals surface area contributed by atoms with Gasteiger partial charge < -0.3 is 9.30 Å². The monoisotopic (exact) mass is 520 g/mol. The molecule has 4 rings (SSSR count). The molecule has 0 bridgehead atoms. The third kappa shape index (κ3) is 4.44. The van der Waals surface area contributed by atoms with Crippen molar-refractivity contribution >= 4 is 43.5 Å². The summed E-state index contributed by atoms with van der Waals surface area (Å²) in [6.45, 7) is 1.67. The van der Waals surface area contributed by atoms with E-state index in [0.717, 1.165) is 9.44 Å². The Morgan fingerprint density at radius 1 is 1.22 bits per heavy atom. The van der Waals surface area contributed by atoms with E-state index >= 15 is 0 Å². The van der Waals surface area contributed by atoms with Gasteiger partial charge in [0.15, 0.2) is 0 Å². The molecule has 0 unspecified atom stereocenters. The van der Waals surface area contributed by atoms with Gasteiger partial charge in [0.2, 0.25) is 0 Å². The van der Waals surface area contributed by atoms with E-state index in [-0.39, 0.29) is 30.6 Å². The van der Waals surface area contributed by atoms with Crippen molar-refractivity contribution in [1.29, 1.82) is 0 Å². The zero-order valence-electron chi connectivity index (χ0n) is 17.0. The summed E-state index contributed by atoms with van der Waals surface area (Å²) >= 11 is 4.44. The summed E-state index contributed by atoms with van der Waals surface area (Å²) in [7, 11) is 0. The van der Waals surface area contributed by atoms with E-state index in [1.807, 2.05) is 4.57 Å². The molecule has 32 heavy (non-hydrogen) atoms. The molecule has 0 aliphatic heterocycles. The Kier molecular flexibility index (Phi) is 6.38. The first kappa shape index (κ1) is 22.2. The number of nitrogens with zero attached hydrogens (tertiary/aromatic N) is 4. The lowest BCUT2D eigenvalue weighted by Gasteiger charge is -2.12. The quantitative estimate of drug-likeness (QED) is 0.349. The Bertz CT molecular complexity index is 1410. The van der Waals surface area contributed by atoms with Crippen molar-refractivity contribution in [3.63, 3.8) is 0 Å². The van der Waals surface area contributed by atoms with E-state index in [1.54, 1.807) is 37.8 Å². The summed E-state index contributed by atoms with van der Waals surface area (Å²) < 4.78 is 23.9. The van der Waals surface area contributed by atoms with Crippen LogP contribution in [0.3, 0.4) is 0 Å². The van der Waals surface area contributed by atoms with Gasteiger partial charge in [0.25, 0.3) is 5.56 Å². The summed E-state index contributed by atoms with van der Waals surface area (Å²) in [5.74, 6) is -1.14. The maximum absolute atomic E-state index is 14.4. The van der Waals surface area contributed by atoms with Crippen LogP contribution in [0.4, 0.5) is 4.39 Å². The fourth-order valence-electron chi connectivity index (χ4n) is 3.32. The average Bonchev–Trinajstić information content (AvgIpc) is 3.40. The summed E-state index contributed by atoms with van der Waals surface area (Å²) in [5.41, 5.74) is -1.06. The molecule has 11 heteroatoms. The second kappa shape index (κ2) is 9.21. The van der Waals surface area contributed by atoms with E-state index in [1.165, 1.54) is 28.0 Å². The molecule has 0 atom stereocenters. The van der Waals surface area contributed by atoms with Crippen LogP contribution in [0.1, 0.15) is 17.4 Å². The van der Waals surface area contributed by atoms with Crippen molar-refractivity contribution in [1.82, 2.24) is 18.7 Å². The van der Waals surface area contributed by atoms with Crippen LogP contribution in [-0.4, -0.2) is 31.3 Å². The third-order valence-corrected chi connectivity index (χ3v) is 6.42. The first-order valence-corrected chi connectivity index (χ1v) is 11.3. The molecule has 0 aliphatic rings. The van der Waals surface area contributed by atoms with Crippen molar-refractivity contribution in [3.05, 3.63) is 84.6 Å².